The Bertz CT molecular complexity index is 546. The van der Waals surface area contributed by atoms with Gasteiger partial charge in [0.1, 0.15) is 0 Å². The zero-order valence-corrected chi connectivity index (χ0v) is 13.6. The highest BCUT2D eigenvalue weighted by Gasteiger charge is 2.63. The summed E-state index contributed by atoms with van der Waals surface area (Å²) in [7, 11) is 0.607. The molecule has 0 aliphatic carbocycles. The Labute approximate surface area is 127 Å². The second kappa shape index (κ2) is 4.85. The Morgan fingerprint density at radius 1 is 0.650 bits per heavy atom. The molecule has 3 heterocycles. The van der Waals surface area contributed by atoms with E-state index < -0.39 is 0 Å². The van der Waals surface area contributed by atoms with E-state index >= 15 is 0 Å². The second-order valence-electron chi connectivity index (χ2n) is 5.46. The second-order valence-corrected chi connectivity index (χ2v) is 9.78. The fourth-order valence-corrected chi connectivity index (χ4v) is 10.9. The van der Waals surface area contributed by atoms with Crippen LogP contribution >= 0.6 is 0 Å². The van der Waals surface area contributed by atoms with Crippen LogP contribution in [0.3, 0.4) is 0 Å². The van der Waals surface area contributed by atoms with Crippen molar-refractivity contribution < 1.29 is 0 Å². The average Bonchev–Trinajstić information content (AvgIpc) is 2.53. The van der Waals surface area contributed by atoms with Crippen molar-refractivity contribution in [2.24, 2.45) is 0 Å². The lowest BCUT2D eigenvalue weighted by molar-refractivity contribution is 0.701. The monoisotopic (exact) mass is 300 g/mol. The minimum absolute atomic E-state index is 0.304. The Morgan fingerprint density at radius 2 is 0.950 bits per heavy atom. The van der Waals surface area contributed by atoms with E-state index in [0.29, 0.717) is 21.8 Å². The number of benzene rings is 2. The quantitative estimate of drug-likeness (QED) is 0.709. The number of hydrogen-bond donors (Lipinski definition) is 0. The van der Waals surface area contributed by atoms with Gasteiger partial charge in [-0.15, -0.1) is 0 Å². The summed E-state index contributed by atoms with van der Waals surface area (Å²) in [5.74, 6) is 0. The van der Waals surface area contributed by atoms with Crippen LogP contribution < -0.4 is 0 Å². The van der Waals surface area contributed by atoms with E-state index in [2.05, 4.69) is 62.4 Å². The van der Waals surface area contributed by atoms with Gasteiger partial charge in [-0.2, -0.15) is 0 Å². The van der Waals surface area contributed by atoms with Gasteiger partial charge in [-0.1, -0.05) is 38.1 Å². The van der Waals surface area contributed by atoms with Crippen LogP contribution in [0.5, 0.6) is 0 Å². The molecule has 2 aromatic rings. The number of fused-ring (bicyclic) bond motifs is 1. The summed E-state index contributed by atoms with van der Waals surface area (Å²) in [6, 6.07) is 18.5. The van der Waals surface area contributed by atoms with Gasteiger partial charge in [0.25, 0.3) is 0 Å². The summed E-state index contributed by atoms with van der Waals surface area (Å²) in [5, 5.41) is 1.71. The van der Waals surface area contributed by atoms with E-state index in [1.807, 2.05) is 0 Å². The molecule has 0 fully saturated rings. The average molecular weight is 300 g/mol. The molecule has 2 aromatic carbocycles. The molecule has 3 aliphatic rings. The predicted molar refractivity (Wildman–Crippen MR) is 88.8 cm³/mol. The molecule has 2 heteroatoms. The molecule has 0 aromatic heterocycles. The number of hydrogen-bond acceptors (Lipinski definition) is 0. The van der Waals surface area contributed by atoms with Crippen LogP contribution in [-0.4, -0.2) is 10.5 Å². The minimum atomic E-state index is 0.304. The fraction of sp³-hybridized carbons (Fsp3) is 0.333. The highest BCUT2D eigenvalue weighted by atomic mass is 32.2. The van der Waals surface area contributed by atoms with Crippen LogP contribution in [0.1, 0.15) is 26.7 Å². The van der Waals surface area contributed by atoms with E-state index in [9.17, 15) is 0 Å². The van der Waals surface area contributed by atoms with E-state index in [1.54, 1.807) is 19.6 Å². The SMILES string of the molecule is CC[C@@H]1[C@@H](CC)[S+]2c3ccccc3[S+]1c1ccccc12. The van der Waals surface area contributed by atoms with Gasteiger partial charge in [-0.05, 0) is 37.1 Å². The molecule has 5 rings (SSSR count). The van der Waals surface area contributed by atoms with Crippen LogP contribution in [0, 0.1) is 0 Å². The fourth-order valence-electron chi connectivity index (χ4n) is 3.68. The van der Waals surface area contributed by atoms with Gasteiger partial charge >= 0.3 is 0 Å². The smallest absolute Gasteiger partial charge is 0.0604 e. The van der Waals surface area contributed by atoms with Crippen molar-refractivity contribution in [2.75, 3.05) is 0 Å². The van der Waals surface area contributed by atoms with E-state index in [-0.39, 0.29) is 0 Å². The molecule has 0 nitrogen and oxygen atoms in total. The Morgan fingerprint density at radius 3 is 1.20 bits per heavy atom. The topological polar surface area (TPSA) is 0 Å². The number of rotatable bonds is 2. The van der Waals surface area contributed by atoms with Crippen LogP contribution in [0.2, 0.25) is 0 Å². The lowest BCUT2D eigenvalue weighted by atomic mass is 10.2. The van der Waals surface area contributed by atoms with Crippen molar-refractivity contribution in [1.82, 2.24) is 0 Å². The van der Waals surface area contributed by atoms with Gasteiger partial charge < -0.3 is 0 Å². The first kappa shape index (κ1) is 12.8. The van der Waals surface area contributed by atoms with Gasteiger partial charge in [-0.3, -0.25) is 0 Å². The van der Waals surface area contributed by atoms with E-state index in [1.165, 1.54) is 12.8 Å². The Hall–Kier alpha value is -0.860. The molecular weight excluding hydrogens is 280 g/mol. The highest BCUT2D eigenvalue weighted by molar-refractivity contribution is 8.06. The van der Waals surface area contributed by atoms with Crippen LogP contribution in [0.15, 0.2) is 68.1 Å². The molecule has 20 heavy (non-hydrogen) atoms. The molecule has 0 radical (unpaired) electrons. The summed E-state index contributed by atoms with van der Waals surface area (Å²) in [4.78, 5) is 6.58. The molecule has 102 valence electrons. The van der Waals surface area contributed by atoms with Crippen LogP contribution in [-0.2, 0) is 21.8 Å². The zero-order chi connectivity index (χ0) is 13.7. The molecule has 0 amide bonds. The highest BCUT2D eigenvalue weighted by Crippen LogP contribution is 2.53. The maximum atomic E-state index is 2.39. The van der Waals surface area contributed by atoms with Crippen LogP contribution in [0.4, 0.5) is 0 Å². The lowest BCUT2D eigenvalue weighted by Gasteiger charge is -2.35. The van der Waals surface area contributed by atoms with Gasteiger partial charge in [0.15, 0.2) is 10.5 Å². The molecule has 0 unspecified atom stereocenters. The third-order valence-corrected chi connectivity index (χ3v) is 10.8. The van der Waals surface area contributed by atoms with E-state index in [4.69, 9.17) is 0 Å². The first-order valence-electron chi connectivity index (χ1n) is 7.51. The minimum Gasteiger partial charge on any atom is -0.0604 e. The lowest BCUT2D eigenvalue weighted by Crippen LogP contribution is -2.48. The van der Waals surface area contributed by atoms with Crippen molar-refractivity contribution in [3.63, 3.8) is 0 Å². The third-order valence-electron chi connectivity index (χ3n) is 4.47. The molecule has 2 bridgehead atoms. The summed E-state index contributed by atoms with van der Waals surface area (Å²) in [6.45, 7) is 4.77. The summed E-state index contributed by atoms with van der Waals surface area (Å²) in [6.07, 6.45) is 2.63. The first-order chi connectivity index (χ1) is 9.86. The summed E-state index contributed by atoms with van der Waals surface area (Å²) < 4.78 is 0. The van der Waals surface area contributed by atoms with Gasteiger partial charge in [-0.25, -0.2) is 0 Å². The van der Waals surface area contributed by atoms with Crippen LogP contribution in [0.25, 0.3) is 0 Å². The van der Waals surface area contributed by atoms with Crippen molar-refractivity contribution in [2.45, 2.75) is 56.8 Å². The molecule has 0 saturated carbocycles. The molecular formula is C18H20S2+2. The maximum Gasteiger partial charge on any atom is 0.216 e. The van der Waals surface area contributed by atoms with Gasteiger partial charge in [0.05, 0.1) is 21.8 Å². The van der Waals surface area contributed by atoms with E-state index in [0.717, 1.165) is 10.5 Å². The summed E-state index contributed by atoms with van der Waals surface area (Å²) >= 11 is 0. The Kier molecular flexibility index (Phi) is 3.12. The largest absolute Gasteiger partial charge is 0.216 e. The zero-order valence-electron chi connectivity index (χ0n) is 12.0. The predicted octanol–water partition coefficient (Wildman–Crippen LogP) is 4.64. The maximum absolute atomic E-state index is 2.39. The summed E-state index contributed by atoms with van der Waals surface area (Å²) in [5.41, 5.74) is 0. The van der Waals surface area contributed by atoms with Crippen molar-refractivity contribution in [1.29, 1.82) is 0 Å². The van der Waals surface area contributed by atoms with Crippen molar-refractivity contribution in [3.8, 4) is 0 Å². The Balaban J connectivity index is 2.01. The molecule has 2 atom stereocenters. The third kappa shape index (κ3) is 1.58. The van der Waals surface area contributed by atoms with Crippen molar-refractivity contribution in [3.05, 3.63) is 48.5 Å². The normalized spacial score (nSPS) is 29.9. The van der Waals surface area contributed by atoms with Gasteiger partial charge in [0.2, 0.25) is 19.6 Å². The molecule has 0 N–H and O–H groups in total. The molecule has 3 aliphatic heterocycles. The van der Waals surface area contributed by atoms with Crippen molar-refractivity contribution >= 4 is 21.8 Å². The standard InChI is InChI=1S/C18H20S2/c1-3-13-14(4-2)20-17-11-7-5-9-15(17)19(13)16-10-6-8-12-18(16)20/h5-14H,3-4H2,1-2H3/q+2/t13-,14-,19?,20?/m1/s1. The van der Waals surface area contributed by atoms with Gasteiger partial charge in [0, 0.05) is 0 Å². The molecule has 0 saturated heterocycles. The molecule has 0 spiro atoms. The first-order valence-corrected chi connectivity index (χ1v) is 10.1.